The summed E-state index contributed by atoms with van der Waals surface area (Å²) in [5.41, 5.74) is 0. The van der Waals surface area contributed by atoms with Crippen molar-refractivity contribution in [2.75, 3.05) is 0 Å². The highest BCUT2D eigenvalue weighted by Crippen LogP contribution is 2.27. The molecule has 0 bridgehead atoms. The average Bonchev–Trinajstić information content (AvgIpc) is 2.87. The van der Waals surface area contributed by atoms with E-state index in [0.717, 1.165) is 9.48 Å². The lowest BCUT2D eigenvalue weighted by Gasteiger charge is -2.17. The standard InChI is InChI=1S/C11H13BrN2S2/c1-7(10-5-9(12)6-16-10)14-8(2)11-13-3-4-15-11/h3-8,14H,1-2H3. The largest absolute Gasteiger partial charge is 0.301 e. The second kappa shape index (κ2) is 5.40. The lowest BCUT2D eigenvalue weighted by atomic mass is 10.2. The van der Waals surface area contributed by atoms with Gasteiger partial charge in [0.25, 0.3) is 0 Å². The highest BCUT2D eigenvalue weighted by molar-refractivity contribution is 9.10. The van der Waals surface area contributed by atoms with Gasteiger partial charge in [-0.3, -0.25) is 0 Å². The van der Waals surface area contributed by atoms with Gasteiger partial charge in [-0.2, -0.15) is 0 Å². The van der Waals surface area contributed by atoms with Crippen molar-refractivity contribution >= 4 is 38.6 Å². The number of halogens is 1. The molecule has 0 saturated heterocycles. The Labute approximate surface area is 112 Å². The third kappa shape index (κ3) is 2.91. The first kappa shape index (κ1) is 12.2. The van der Waals surface area contributed by atoms with E-state index >= 15 is 0 Å². The summed E-state index contributed by atoms with van der Waals surface area (Å²) in [6.07, 6.45) is 1.85. The molecule has 2 rings (SSSR count). The van der Waals surface area contributed by atoms with E-state index in [4.69, 9.17) is 0 Å². The minimum Gasteiger partial charge on any atom is -0.301 e. The fourth-order valence-electron chi connectivity index (χ4n) is 1.53. The van der Waals surface area contributed by atoms with Gasteiger partial charge >= 0.3 is 0 Å². The van der Waals surface area contributed by atoms with E-state index < -0.39 is 0 Å². The van der Waals surface area contributed by atoms with E-state index in [9.17, 15) is 0 Å². The molecule has 5 heteroatoms. The quantitative estimate of drug-likeness (QED) is 0.905. The number of nitrogens with one attached hydrogen (secondary N) is 1. The monoisotopic (exact) mass is 316 g/mol. The maximum absolute atomic E-state index is 4.32. The molecule has 0 aromatic carbocycles. The van der Waals surface area contributed by atoms with Crippen LogP contribution >= 0.6 is 38.6 Å². The topological polar surface area (TPSA) is 24.9 Å². The van der Waals surface area contributed by atoms with Gasteiger partial charge in [-0.1, -0.05) is 0 Å². The van der Waals surface area contributed by atoms with Gasteiger partial charge in [0.15, 0.2) is 0 Å². The molecule has 2 aromatic rings. The lowest BCUT2D eigenvalue weighted by Crippen LogP contribution is -2.21. The Morgan fingerprint density at radius 2 is 2.12 bits per heavy atom. The summed E-state index contributed by atoms with van der Waals surface area (Å²) >= 11 is 6.94. The van der Waals surface area contributed by atoms with Gasteiger partial charge in [0, 0.05) is 32.3 Å². The van der Waals surface area contributed by atoms with E-state index in [-0.39, 0.29) is 0 Å². The zero-order valence-electron chi connectivity index (χ0n) is 9.11. The van der Waals surface area contributed by atoms with Crippen molar-refractivity contribution in [3.05, 3.63) is 37.4 Å². The smallest absolute Gasteiger partial charge is 0.109 e. The van der Waals surface area contributed by atoms with Crippen LogP contribution in [0.2, 0.25) is 0 Å². The zero-order valence-corrected chi connectivity index (χ0v) is 12.3. The van der Waals surface area contributed by atoms with Crippen molar-refractivity contribution in [2.24, 2.45) is 0 Å². The first-order chi connectivity index (χ1) is 7.66. The molecule has 0 fully saturated rings. The summed E-state index contributed by atoms with van der Waals surface area (Å²) < 4.78 is 1.16. The van der Waals surface area contributed by atoms with Crippen LogP contribution in [0.4, 0.5) is 0 Å². The molecule has 0 aliphatic carbocycles. The molecular weight excluding hydrogens is 304 g/mol. The van der Waals surface area contributed by atoms with Crippen LogP contribution in [0.25, 0.3) is 0 Å². The van der Waals surface area contributed by atoms with Crippen molar-refractivity contribution in [3.63, 3.8) is 0 Å². The van der Waals surface area contributed by atoms with E-state index in [2.05, 4.69) is 51.5 Å². The molecule has 2 unspecified atom stereocenters. The fraction of sp³-hybridized carbons (Fsp3) is 0.364. The molecule has 0 aliphatic heterocycles. The van der Waals surface area contributed by atoms with Crippen molar-refractivity contribution in [1.82, 2.24) is 10.3 Å². The zero-order chi connectivity index (χ0) is 11.5. The van der Waals surface area contributed by atoms with Gasteiger partial charge in [-0.15, -0.1) is 22.7 Å². The minimum absolute atomic E-state index is 0.302. The molecule has 0 spiro atoms. The molecule has 1 N–H and O–H groups in total. The SMILES string of the molecule is CC(NC(C)c1nccs1)c1cc(Br)cs1. The lowest BCUT2D eigenvalue weighted by molar-refractivity contribution is 0.498. The van der Waals surface area contributed by atoms with Crippen LogP contribution in [0.1, 0.15) is 35.8 Å². The molecule has 2 aromatic heterocycles. The Hall–Kier alpha value is -0.230. The Bertz CT molecular complexity index is 439. The molecule has 2 nitrogen and oxygen atoms in total. The average molecular weight is 317 g/mol. The van der Waals surface area contributed by atoms with Crippen molar-refractivity contribution in [2.45, 2.75) is 25.9 Å². The van der Waals surface area contributed by atoms with Crippen LogP contribution < -0.4 is 5.32 Å². The van der Waals surface area contributed by atoms with Gasteiger partial charge in [-0.05, 0) is 35.8 Å². The molecule has 2 atom stereocenters. The van der Waals surface area contributed by atoms with Crippen LogP contribution in [-0.4, -0.2) is 4.98 Å². The van der Waals surface area contributed by atoms with Crippen molar-refractivity contribution in [1.29, 1.82) is 0 Å². The van der Waals surface area contributed by atoms with Gasteiger partial charge in [0.2, 0.25) is 0 Å². The highest BCUT2D eigenvalue weighted by Gasteiger charge is 2.13. The predicted octanol–water partition coefficient (Wildman–Crippen LogP) is 4.38. The third-order valence-electron chi connectivity index (χ3n) is 2.34. The van der Waals surface area contributed by atoms with Gasteiger partial charge in [-0.25, -0.2) is 4.98 Å². The number of rotatable bonds is 4. The third-order valence-corrected chi connectivity index (χ3v) is 5.17. The molecule has 0 aliphatic rings. The predicted molar refractivity (Wildman–Crippen MR) is 74.1 cm³/mol. The number of hydrogen-bond acceptors (Lipinski definition) is 4. The van der Waals surface area contributed by atoms with Crippen LogP contribution in [-0.2, 0) is 0 Å². The van der Waals surface area contributed by atoms with Crippen LogP contribution in [0.5, 0.6) is 0 Å². The fourth-order valence-corrected chi connectivity index (χ4v) is 3.65. The molecule has 2 heterocycles. The van der Waals surface area contributed by atoms with Crippen molar-refractivity contribution < 1.29 is 0 Å². The van der Waals surface area contributed by atoms with E-state index in [0.29, 0.717) is 12.1 Å². The Kier molecular flexibility index (Phi) is 4.13. The summed E-state index contributed by atoms with van der Waals surface area (Å²) in [7, 11) is 0. The summed E-state index contributed by atoms with van der Waals surface area (Å²) in [4.78, 5) is 5.66. The second-order valence-electron chi connectivity index (χ2n) is 3.65. The first-order valence-electron chi connectivity index (χ1n) is 5.06. The van der Waals surface area contributed by atoms with Gasteiger partial charge in [0.1, 0.15) is 5.01 Å². The van der Waals surface area contributed by atoms with E-state index in [1.165, 1.54) is 4.88 Å². The maximum atomic E-state index is 4.32. The van der Waals surface area contributed by atoms with Crippen molar-refractivity contribution in [3.8, 4) is 0 Å². The molecule has 0 saturated carbocycles. The molecule has 86 valence electrons. The normalized spacial score (nSPS) is 14.9. The molecule has 16 heavy (non-hydrogen) atoms. The van der Waals surface area contributed by atoms with E-state index in [1.54, 1.807) is 22.7 Å². The number of thiazole rings is 1. The summed E-state index contributed by atoms with van der Waals surface area (Å²) in [6.45, 7) is 4.33. The van der Waals surface area contributed by atoms with E-state index in [1.807, 2.05) is 11.6 Å². The first-order valence-corrected chi connectivity index (χ1v) is 7.61. The number of aromatic nitrogens is 1. The highest BCUT2D eigenvalue weighted by atomic mass is 79.9. The number of nitrogens with zero attached hydrogens (tertiary/aromatic N) is 1. The summed E-state index contributed by atoms with van der Waals surface area (Å²) in [5, 5.41) is 8.82. The second-order valence-corrected chi connectivity index (χ2v) is 6.43. The Balaban J connectivity index is 2.00. The summed E-state index contributed by atoms with van der Waals surface area (Å²) in [6, 6.07) is 2.82. The number of thiophene rings is 1. The molecule has 0 radical (unpaired) electrons. The number of hydrogen-bond donors (Lipinski definition) is 1. The van der Waals surface area contributed by atoms with Crippen LogP contribution in [0, 0.1) is 0 Å². The molecular formula is C11H13BrN2S2. The Morgan fingerprint density at radius 3 is 2.69 bits per heavy atom. The maximum Gasteiger partial charge on any atom is 0.109 e. The van der Waals surface area contributed by atoms with Crippen LogP contribution in [0.3, 0.4) is 0 Å². The molecule has 0 amide bonds. The van der Waals surface area contributed by atoms with Gasteiger partial charge in [0.05, 0.1) is 6.04 Å². The minimum atomic E-state index is 0.302. The Morgan fingerprint density at radius 1 is 1.31 bits per heavy atom. The van der Waals surface area contributed by atoms with Gasteiger partial charge < -0.3 is 5.32 Å². The summed E-state index contributed by atoms with van der Waals surface area (Å²) in [5.74, 6) is 0. The van der Waals surface area contributed by atoms with Crippen LogP contribution in [0.15, 0.2) is 27.5 Å².